The Labute approximate surface area is 156 Å². The van der Waals surface area contributed by atoms with E-state index in [2.05, 4.69) is 9.97 Å². The second-order valence-corrected chi connectivity index (χ2v) is 7.46. The van der Waals surface area contributed by atoms with Crippen LogP contribution in [0.25, 0.3) is 11.0 Å². The van der Waals surface area contributed by atoms with E-state index < -0.39 is 0 Å². The van der Waals surface area contributed by atoms with Gasteiger partial charge in [-0.25, -0.2) is 4.98 Å². The van der Waals surface area contributed by atoms with Gasteiger partial charge >= 0.3 is 0 Å². The van der Waals surface area contributed by atoms with Gasteiger partial charge in [-0.1, -0.05) is 42.1 Å². The van der Waals surface area contributed by atoms with E-state index in [-0.39, 0.29) is 11.2 Å². The van der Waals surface area contributed by atoms with Crippen LogP contribution >= 0.6 is 11.8 Å². The Morgan fingerprint density at radius 1 is 1.19 bits per heavy atom. The van der Waals surface area contributed by atoms with E-state index in [1.165, 1.54) is 11.8 Å². The Morgan fingerprint density at radius 2 is 1.96 bits per heavy atom. The second-order valence-electron chi connectivity index (χ2n) is 6.37. The Hall–Kier alpha value is -2.47. The molecule has 1 N–H and O–H groups in total. The first-order chi connectivity index (χ1) is 12.7. The van der Waals surface area contributed by atoms with Crippen molar-refractivity contribution in [3.05, 3.63) is 54.1 Å². The fourth-order valence-electron chi connectivity index (χ4n) is 3.25. The molecule has 134 valence electrons. The summed E-state index contributed by atoms with van der Waals surface area (Å²) in [5, 5.41) is 0.450. The van der Waals surface area contributed by atoms with Crippen LogP contribution < -0.4 is 4.74 Å². The van der Waals surface area contributed by atoms with E-state index in [9.17, 15) is 4.79 Å². The van der Waals surface area contributed by atoms with E-state index >= 15 is 0 Å². The van der Waals surface area contributed by atoms with E-state index in [1.807, 2.05) is 53.4 Å². The van der Waals surface area contributed by atoms with E-state index in [4.69, 9.17) is 4.74 Å². The van der Waals surface area contributed by atoms with E-state index in [0.717, 1.165) is 53.4 Å². The number of H-pyrrole nitrogens is 1. The van der Waals surface area contributed by atoms with Gasteiger partial charge in [0.15, 0.2) is 5.16 Å². The summed E-state index contributed by atoms with van der Waals surface area (Å²) < 4.78 is 5.27. The molecule has 0 unspecified atom stereocenters. The number of carbonyl (C=O) groups excluding carboxylic acids is 1. The fraction of sp³-hybridized carbons (Fsp3) is 0.300. The molecule has 1 aliphatic rings. The molecule has 3 aromatic rings. The van der Waals surface area contributed by atoms with Gasteiger partial charge in [0.1, 0.15) is 11.0 Å². The second kappa shape index (κ2) is 7.41. The number of likely N-dealkylation sites (tertiary alicyclic amines) is 1. The zero-order chi connectivity index (χ0) is 17.9. The lowest BCUT2D eigenvalue weighted by molar-refractivity contribution is -0.129. The number of benzene rings is 2. The highest BCUT2D eigenvalue weighted by Crippen LogP contribution is 2.37. The normalized spacial score (nSPS) is 15.3. The van der Waals surface area contributed by atoms with Gasteiger partial charge in [0.2, 0.25) is 5.91 Å². The SMILES string of the molecule is COc1ccc2nc(S[C@H](C(=O)N3CCCC3)c3ccccc3)[nH]c2c1. The topological polar surface area (TPSA) is 58.2 Å². The maximum atomic E-state index is 13.1. The summed E-state index contributed by atoms with van der Waals surface area (Å²) in [5.41, 5.74) is 2.79. The predicted octanol–water partition coefficient (Wildman–Crippen LogP) is 4.03. The molecule has 0 radical (unpaired) electrons. The standard InChI is InChI=1S/C20H21N3O2S/c1-25-15-9-10-16-17(13-15)22-20(21-16)26-18(14-7-3-2-4-8-14)19(24)23-11-5-6-12-23/h2-4,7-10,13,18H,5-6,11-12H2,1H3,(H,21,22)/t18-/m0/s1. The Bertz CT molecular complexity index is 904. The quantitative estimate of drug-likeness (QED) is 0.692. The number of methoxy groups -OCH3 is 1. The number of hydrogen-bond donors (Lipinski definition) is 1. The van der Waals surface area contributed by atoms with Gasteiger partial charge in [-0.3, -0.25) is 4.79 Å². The number of aromatic nitrogens is 2. The van der Waals surface area contributed by atoms with Crippen LogP contribution in [-0.4, -0.2) is 41.0 Å². The number of carbonyl (C=O) groups is 1. The molecule has 5 nitrogen and oxygen atoms in total. The Kier molecular flexibility index (Phi) is 4.84. The molecule has 0 aliphatic carbocycles. The lowest BCUT2D eigenvalue weighted by Gasteiger charge is -2.22. The van der Waals surface area contributed by atoms with E-state index in [1.54, 1.807) is 7.11 Å². The van der Waals surface area contributed by atoms with Crippen LogP contribution in [0.15, 0.2) is 53.7 Å². The number of nitrogens with one attached hydrogen (secondary N) is 1. The van der Waals surface area contributed by atoms with Crippen LogP contribution in [0, 0.1) is 0 Å². The molecule has 0 spiro atoms. The minimum absolute atomic E-state index is 0.164. The average Bonchev–Trinajstić information content (AvgIpc) is 3.35. The first-order valence-corrected chi connectivity index (χ1v) is 9.67. The minimum Gasteiger partial charge on any atom is -0.497 e. The van der Waals surface area contributed by atoms with Crippen LogP contribution in [0.3, 0.4) is 0 Å². The van der Waals surface area contributed by atoms with Crippen molar-refractivity contribution in [3.8, 4) is 5.75 Å². The van der Waals surface area contributed by atoms with Crippen molar-refractivity contribution >= 4 is 28.7 Å². The van der Waals surface area contributed by atoms with Crippen LogP contribution in [-0.2, 0) is 4.79 Å². The van der Waals surface area contributed by atoms with Gasteiger partial charge in [-0.15, -0.1) is 0 Å². The van der Waals surface area contributed by atoms with Gasteiger partial charge in [0.25, 0.3) is 0 Å². The number of thioether (sulfide) groups is 1. The van der Waals surface area contributed by atoms with Gasteiger partial charge in [-0.2, -0.15) is 0 Å². The molecule has 1 fully saturated rings. The number of aromatic amines is 1. The molecule has 0 saturated carbocycles. The first-order valence-electron chi connectivity index (χ1n) is 8.79. The van der Waals surface area contributed by atoms with Crippen molar-refractivity contribution < 1.29 is 9.53 Å². The third-order valence-corrected chi connectivity index (χ3v) is 5.77. The van der Waals surface area contributed by atoms with Crippen LogP contribution in [0.1, 0.15) is 23.7 Å². The minimum atomic E-state index is -0.295. The number of fused-ring (bicyclic) bond motifs is 1. The maximum Gasteiger partial charge on any atom is 0.240 e. The summed E-state index contributed by atoms with van der Waals surface area (Å²) in [6.07, 6.45) is 2.17. The Morgan fingerprint density at radius 3 is 2.69 bits per heavy atom. The summed E-state index contributed by atoms with van der Waals surface area (Å²) >= 11 is 1.48. The summed E-state index contributed by atoms with van der Waals surface area (Å²) in [6.45, 7) is 1.69. The zero-order valence-electron chi connectivity index (χ0n) is 14.6. The molecule has 1 amide bonds. The maximum absolute atomic E-state index is 13.1. The molecule has 2 heterocycles. The van der Waals surface area contributed by atoms with Gasteiger partial charge in [-0.05, 0) is 30.5 Å². The summed E-state index contributed by atoms with van der Waals surface area (Å²) in [6, 6.07) is 15.7. The summed E-state index contributed by atoms with van der Waals surface area (Å²) in [4.78, 5) is 23.0. The van der Waals surface area contributed by atoms with Crippen molar-refractivity contribution in [2.75, 3.05) is 20.2 Å². The van der Waals surface area contributed by atoms with Crippen molar-refractivity contribution in [2.45, 2.75) is 23.2 Å². The molecule has 6 heteroatoms. The molecule has 0 bridgehead atoms. The molecule has 1 saturated heterocycles. The molecular weight excluding hydrogens is 346 g/mol. The third kappa shape index (κ3) is 3.42. The number of imidazole rings is 1. The largest absolute Gasteiger partial charge is 0.497 e. The zero-order valence-corrected chi connectivity index (χ0v) is 15.5. The fourth-order valence-corrected chi connectivity index (χ4v) is 4.34. The monoisotopic (exact) mass is 367 g/mol. The number of nitrogens with zero attached hydrogens (tertiary/aromatic N) is 2. The average molecular weight is 367 g/mol. The molecule has 2 aromatic carbocycles. The highest BCUT2D eigenvalue weighted by molar-refractivity contribution is 8.00. The first kappa shape index (κ1) is 17.0. The van der Waals surface area contributed by atoms with E-state index in [0.29, 0.717) is 0 Å². The summed E-state index contributed by atoms with van der Waals surface area (Å²) in [5.74, 6) is 0.946. The Balaban J connectivity index is 1.64. The molecular formula is C20H21N3O2S. The number of amides is 1. The molecule has 4 rings (SSSR count). The highest BCUT2D eigenvalue weighted by Gasteiger charge is 2.29. The molecule has 26 heavy (non-hydrogen) atoms. The molecule has 1 aromatic heterocycles. The van der Waals surface area contributed by atoms with Crippen molar-refractivity contribution in [1.82, 2.24) is 14.9 Å². The molecule has 1 atom stereocenters. The van der Waals surface area contributed by atoms with Gasteiger partial charge in [0, 0.05) is 19.2 Å². The van der Waals surface area contributed by atoms with Crippen molar-refractivity contribution in [2.24, 2.45) is 0 Å². The highest BCUT2D eigenvalue weighted by atomic mass is 32.2. The number of hydrogen-bond acceptors (Lipinski definition) is 4. The molecule has 1 aliphatic heterocycles. The number of ether oxygens (including phenoxy) is 1. The van der Waals surface area contributed by atoms with Crippen molar-refractivity contribution in [1.29, 1.82) is 0 Å². The van der Waals surface area contributed by atoms with Gasteiger partial charge in [0.05, 0.1) is 18.1 Å². The lowest BCUT2D eigenvalue weighted by atomic mass is 10.1. The van der Waals surface area contributed by atoms with Crippen LogP contribution in [0.4, 0.5) is 0 Å². The summed E-state index contributed by atoms with van der Waals surface area (Å²) in [7, 11) is 1.65. The van der Waals surface area contributed by atoms with Crippen LogP contribution in [0.5, 0.6) is 5.75 Å². The predicted molar refractivity (Wildman–Crippen MR) is 103 cm³/mol. The lowest BCUT2D eigenvalue weighted by Crippen LogP contribution is -2.31. The smallest absolute Gasteiger partial charge is 0.240 e. The van der Waals surface area contributed by atoms with Crippen LogP contribution in [0.2, 0.25) is 0 Å². The number of rotatable bonds is 5. The third-order valence-electron chi connectivity index (χ3n) is 4.64. The van der Waals surface area contributed by atoms with Gasteiger partial charge < -0.3 is 14.6 Å². The van der Waals surface area contributed by atoms with Crippen molar-refractivity contribution in [3.63, 3.8) is 0 Å².